The smallest absolute Gasteiger partial charge is 0.306 e. The molecule has 6 heteroatoms. The molecule has 1 amide bonds. The highest BCUT2D eigenvalue weighted by Crippen LogP contribution is 2.08. The van der Waals surface area contributed by atoms with Crippen LogP contribution in [0.1, 0.15) is 52.9 Å². The number of amides is 1. The van der Waals surface area contributed by atoms with Gasteiger partial charge in [-0.15, -0.1) is 12.3 Å². The van der Waals surface area contributed by atoms with Crippen molar-refractivity contribution < 1.29 is 23.8 Å². The third kappa shape index (κ3) is 16.8. The Morgan fingerprint density at radius 1 is 1.00 bits per heavy atom. The molecule has 0 saturated carbocycles. The minimum absolute atomic E-state index is 0.00718. The third-order valence-electron chi connectivity index (χ3n) is 2.76. The van der Waals surface area contributed by atoms with Gasteiger partial charge in [-0.2, -0.15) is 0 Å². The highest BCUT2D eigenvalue weighted by atomic mass is 16.6. The second-order valence-electron chi connectivity index (χ2n) is 6.32. The van der Waals surface area contributed by atoms with Crippen LogP contribution in [-0.2, 0) is 23.8 Å². The maximum Gasteiger partial charge on any atom is 0.306 e. The number of hydrogen-bond acceptors (Lipinski definition) is 5. The molecule has 24 heavy (non-hydrogen) atoms. The number of hydrogen-bond donors (Lipinski definition) is 1. The van der Waals surface area contributed by atoms with Crippen LogP contribution in [0.4, 0.5) is 0 Å². The summed E-state index contributed by atoms with van der Waals surface area (Å²) in [4.78, 5) is 22.8. The first kappa shape index (κ1) is 22.4. The molecule has 0 aliphatic carbocycles. The Kier molecular flexibility index (Phi) is 12.9. The van der Waals surface area contributed by atoms with Gasteiger partial charge in [0.15, 0.2) is 0 Å². The Bertz CT molecular complexity index is 395. The summed E-state index contributed by atoms with van der Waals surface area (Å²) in [6.07, 6.45) is 7.87. The highest BCUT2D eigenvalue weighted by Gasteiger charge is 2.15. The van der Waals surface area contributed by atoms with Crippen LogP contribution in [0.25, 0.3) is 0 Å². The SMILES string of the molecule is C#CCCCC(=O)NCCOCCOCCCC(=O)OC(C)(C)C. The Balaban J connectivity index is 3.30. The largest absolute Gasteiger partial charge is 0.460 e. The lowest BCUT2D eigenvalue weighted by atomic mass is 10.2. The van der Waals surface area contributed by atoms with Crippen LogP contribution in [0, 0.1) is 12.3 Å². The van der Waals surface area contributed by atoms with Crippen LogP contribution in [0.15, 0.2) is 0 Å². The van der Waals surface area contributed by atoms with Gasteiger partial charge in [-0.05, 0) is 33.6 Å². The molecule has 0 rings (SSSR count). The summed E-state index contributed by atoms with van der Waals surface area (Å²) in [6, 6.07) is 0. The first-order chi connectivity index (χ1) is 11.3. The topological polar surface area (TPSA) is 73.9 Å². The molecule has 0 heterocycles. The maximum absolute atomic E-state index is 11.5. The molecule has 0 unspecified atom stereocenters. The maximum atomic E-state index is 11.5. The number of ether oxygens (including phenoxy) is 3. The summed E-state index contributed by atoms with van der Waals surface area (Å²) in [5, 5.41) is 2.76. The Morgan fingerprint density at radius 3 is 2.29 bits per heavy atom. The van der Waals surface area contributed by atoms with E-state index in [1.165, 1.54) is 0 Å². The van der Waals surface area contributed by atoms with Crippen molar-refractivity contribution >= 4 is 11.9 Å². The molecule has 0 atom stereocenters. The van der Waals surface area contributed by atoms with Gasteiger partial charge in [0.2, 0.25) is 5.91 Å². The van der Waals surface area contributed by atoms with Gasteiger partial charge in [0, 0.05) is 32.4 Å². The van der Waals surface area contributed by atoms with Crippen molar-refractivity contribution in [2.24, 2.45) is 0 Å². The van der Waals surface area contributed by atoms with Crippen molar-refractivity contribution in [3.8, 4) is 12.3 Å². The Labute approximate surface area is 145 Å². The number of esters is 1. The van der Waals surface area contributed by atoms with Gasteiger partial charge in [0.05, 0.1) is 19.8 Å². The lowest BCUT2D eigenvalue weighted by Gasteiger charge is -2.19. The molecule has 6 nitrogen and oxygen atoms in total. The van der Waals surface area contributed by atoms with E-state index in [1.54, 1.807) is 0 Å². The van der Waals surface area contributed by atoms with Crippen molar-refractivity contribution in [2.75, 3.05) is 33.0 Å². The molecular weight excluding hydrogens is 310 g/mol. The fourth-order valence-electron chi connectivity index (χ4n) is 1.74. The van der Waals surface area contributed by atoms with E-state index in [2.05, 4.69) is 11.2 Å². The third-order valence-corrected chi connectivity index (χ3v) is 2.76. The summed E-state index contributed by atoms with van der Waals surface area (Å²) in [5.41, 5.74) is -0.442. The average molecular weight is 341 g/mol. The Hall–Kier alpha value is -1.58. The van der Waals surface area contributed by atoms with Gasteiger partial charge in [-0.25, -0.2) is 0 Å². The molecule has 0 bridgehead atoms. The minimum Gasteiger partial charge on any atom is -0.460 e. The normalized spacial score (nSPS) is 10.9. The summed E-state index contributed by atoms with van der Waals surface area (Å²) < 4.78 is 15.9. The molecule has 0 radical (unpaired) electrons. The molecule has 0 aromatic carbocycles. The van der Waals surface area contributed by atoms with Crippen LogP contribution in [0.5, 0.6) is 0 Å². The second kappa shape index (κ2) is 13.8. The van der Waals surface area contributed by atoms with Gasteiger partial charge in [-0.1, -0.05) is 0 Å². The van der Waals surface area contributed by atoms with E-state index in [9.17, 15) is 9.59 Å². The Morgan fingerprint density at radius 2 is 1.67 bits per heavy atom. The number of carbonyl (C=O) groups excluding carboxylic acids is 2. The van der Waals surface area contributed by atoms with Gasteiger partial charge in [0.1, 0.15) is 5.60 Å². The zero-order valence-corrected chi connectivity index (χ0v) is 15.2. The van der Waals surface area contributed by atoms with E-state index < -0.39 is 5.60 Å². The molecule has 0 aliphatic heterocycles. The molecule has 0 fully saturated rings. The lowest BCUT2D eigenvalue weighted by Crippen LogP contribution is -2.27. The summed E-state index contributed by atoms with van der Waals surface area (Å²) in [5.74, 6) is 2.28. The number of carbonyl (C=O) groups is 2. The standard InChI is InChI=1S/C18H31NO5/c1-5-6-7-9-16(20)19-11-13-23-15-14-22-12-8-10-17(21)24-18(2,3)4/h1H,6-15H2,2-4H3,(H,19,20). The fraction of sp³-hybridized carbons (Fsp3) is 0.778. The fourth-order valence-corrected chi connectivity index (χ4v) is 1.74. The highest BCUT2D eigenvalue weighted by molar-refractivity contribution is 5.75. The first-order valence-electron chi connectivity index (χ1n) is 8.42. The van der Waals surface area contributed by atoms with E-state index in [0.717, 1.165) is 0 Å². The zero-order valence-electron chi connectivity index (χ0n) is 15.2. The number of unbranched alkanes of at least 4 members (excludes halogenated alkanes) is 1. The number of nitrogens with one attached hydrogen (secondary N) is 1. The predicted octanol–water partition coefficient (Wildman–Crippen LogP) is 2.06. The van der Waals surface area contributed by atoms with Crippen LogP contribution in [-0.4, -0.2) is 50.4 Å². The summed E-state index contributed by atoms with van der Waals surface area (Å²) >= 11 is 0. The quantitative estimate of drug-likeness (QED) is 0.315. The monoisotopic (exact) mass is 341 g/mol. The predicted molar refractivity (Wildman–Crippen MR) is 92.4 cm³/mol. The average Bonchev–Trinajstić information content (AvgIpc) is 2.47. The lowest BCUT2D eigenvalue weighted by molar-refractivity contribution is -0.155. The van der Waals surface area contributed by atoms with Crippen molar-refractivity contribution in [2.45, 2.75) is 58.5 Å². The molecule has 0 spiro atoms. The van der Waals surface area contributed by atoms with E-state index in [4.69, 9.17) is 20.6 Å². The van der Waals surface area contributed by atoms with Crippen molar-refractivity contribution in [3.63, 3.8) is 0 Å². The van der Waals surface area contributed by atoms with Crippen LogP contribution in [0.3, 0.4) is 0 Å². The van der Waals surface area contributed by atoms with Crippen molar-refractivity contribution in [3.05, 3.63) is 0 Å². The summed E-state index contributed by atoms with van der Waals surface area (Å²) in [7, 11) is 0. The second-order valence-corrected chi connectivity index (χ2v) is 6.32. The van der Waals surface area contributed by atoms with Gasteiger partial charge >= 0.3 is 5.97 Å². The van der Waals surface area contributed by atoms with Gasteiger partial charge in [0.25, 0.3) is 0 Å². The zero-order chi connectivity index (χ0) is 18.3. The van der Waals surface area contributed by atoms with Crippen LogP contribution in [0.2, 0.25) is 0 Å². The van der Waals surface area contributed by atoms with Crippen molar-refractivity contribution in [1.82, 2.24) is 5.32 Å². The van der Waals surface area contributed by atoms with Gasteiger partial charge < -0.3 is 19.5 Å². The molecule has 0 aliphatic rings. The molecule has 138 valence electrons. The number of rotatable bonds is 13. The van der Waals surface area contributed by atoms with E-state index in [-0.39, 0.29) is 11.9 Å². The first-order valence-corrected chi connectivity index (χ1v) is 8.42. The molecular formula is C18H31NO5. The van der Waals surface area contributed by atoms with E-state index in [0.29, 0.717) is 65.1 Å². The van der Waals surface area contributed by atoms with E-state index >= 15 is 0 Å². The molecule has 1 N–H and O–H groups in total. The van der Waals surface area contributed by atoms with Crippen LogP contribution < -0.4 is 5.32 Å². The van der Waals surface area contributed by atoms with Gasteiger partial charge in [-0.3, -0.25) is 9.59 Å². The minimum atomic E-state index is -0.442. The molecule has 0 saturated heterocycles. The van der Waals surface area contributed by atoms with Crippen LogP contribution >= 0.6 is 0 Å². The molecule has 0 aromatic rings. The van der Waals surface area contributed by atoms with E-state index in [1.807, 2.05) is 20.8 Å². The summed E-state index contributed by atoms with van der Waals surface area (Å²) in [6.45, 7) is 7.88. The van der Waals surface area contributed by atoms with Crippen molar-refractivity contribution in [1.29, 1.82) is 0 Å². The number of terminal acetylenes is 1. The molecule has 0 aromatic heterocycles.